The molecule has 0 saturated carbocycles. The number of phosphoric acid groups is 2. The highest BCUT2D eigenvalue weighted by Crippen LogP contribution is 2.45. The maximum atomic E-state index is 13.1. The Morgan fingerprint density at radius 1 is 0.302 bits per heavy atom. The van der Waals surface area contributed by atoms with Crippen molar-refractivity contribution in [2.75, 3.05) is 39.6 Å². The molecule has 0 aromatic rings. The van der Waals surface area contributed by atoms with Crippen molar-refractivity contribution in [3.05, 3.63) is 60.8 Å². The molecule has 5 unspecified atom stereocenters. The first kappa shape index (κ1) is 92.8. The molecule has 5 atom stereocenters. The van der Waals surface area contributed by atoms with Crippen molar-refractivity contribution in [2.45, 2.75) is 367 Å². The predicted molar refractivity (Wildman–Crippen MR) is 390 cm³/mol. The van der Waals surface area contributed by atoms with Crippen LogP contribution in [-0.2, 0) is 65.4 Å². The summed E-state index contributed by atoms with van der Waals surface area (Å²) < 4.78 is 68.4. The van der Waals surface area contributed by atoms with E-state index in [9.17, 15) is 43.2 Å². The molecule has 0 aliphatic heterocycles. The van der Waals surface area contributed by atoms with E-state index >= 15 is 0 Å². The molecule has 0 aliphatic carbocycles. The van der Waals surface area contributed by atoms with E-state index in [2.05, 4.69) is 88.5 Å². The predicted octanol–water partition coefficient (Wildman–Crippen LogP) is 21.9. The zero-order valence-electron chi connectivity index (χ0n) is 61.1. The molecule has 0 radical (unpaired) electrons. The number of carbonyl (C=O) groups excluding carboxylic acids is 4. The van der Waals surface area contributed by atoms with E-state index in [4.69, 9.17) is 37.0 Å². The molecule has 17 nitrogen and oxygen atoms in total. The van der Waals surface area contributed by atoms with Crippen LogP contribution in [0.4, 0.5) is 0 Å². The molecular weight excluding hydrogens is 1260 g/mol. The van der Waals surface area contributed by atoms with Gasteiger partial charge in [0.15, 0.2) is 12.2 Å². The van der Waals surface area contributed by atoms with Crippen LogP contribution in [0.5, 0.6) is 0 Å². The maximum absolute atomic E-state index is 13.1. The van der Waals surface area contributed by atoms with Gasteiger partial charge in [0.25, 0.3) is 0 Å². The highest BCUT2D eigenvalue weighted by Gasteiger charge is 2.30. The van der Waals surface area contributed by atoms with Gasteiger partial charge in [0.05, 0.1) is 26.4 Å². The van der Waals surface area contributed by atoms with Crippen LogP contribution in [0.1, 0.15) is 349 Å². The van der Waals surface area contributed by atoms with Gasteiger partial charge in [-0.25, -0.2) is 9.13 Å². The fourth-order valence-corrected chi connectivity index (χ4v) is 12.2. The summed E-state index contributed by atoms with van der Waals surface area (Å²) in [6.45, 7) is 4.75. The third-order valence-electron chi connectivity index (χ3n) is 16.5. The molecule has 3 N–H and O–H groups in total. The average Bonchev–Trinajstić information content (AvgIpc) is 1.11. The molecule has 0 bridgehead atoms. The minimum absolute atomic E-state index is 0.0911. The fourth-order valence-electron chi connectivity index (χ4n) is 10.6. The third kappa shape index (κ3) is 69.2. The largest absolute Gasteiger partial charge is 0.472 e. The summed E-state index contributed by atoms with van der Waals surface area (Å²) in [4.78, 5) is 72.8. The summed E-state index contributed by atoms with van der Waals surface area (Å²) in [6.07, 6.45) is 67.9. The standard InChI is InChI=1S/C77H140O17P2/c1-5-9-13-17-21-25-29-32-35-38-42-45-49-53-57-61-74(79)87-67-72(93-76(81)63-59-55-51-47-41-28-24-20-16-12-8-4)69-91-95(83,84)89-65-71(78)66-90-96(85,86)92-70-73(94-77(82)64-60-56-52-48-44-40-37-34-31-27-23-19-15-11-7-3)68-88-75(80)62-58-54-50-46-43-39-36-33-30-26-22-18-14-10-6-2/h9,13,21,25,32-33,35-36,42,45,71-73,78H,5-8,10-12,14-20,22-24,26-31,34,37-41,43-44,46-70H2,1-4H3,(H,83,84)(H,85,86)/b13-9-,25-21-,35-32-,36-33-,45-42-. The van der Waals surface area contributed by atoms with Gasteiger partial charge in [0, 0.05) is 25.7 Å². The monoisotopic (exact) mass is 1400 g/mol. The van der Waals surface area contributed by atoms with Gasteiger partial charge in [-0.3, -0.25) is 37.3 Å². The summed E-state index contributed by atoms with van der Waals surface area (Å²) in [5.41, 5.74) is 0. The Balaban J connectivity index is 5.33. The molecular formula is C77H140O17P2. The van der Waals surface area contributed by atoms with E-state index in [1.54, 1.807) is 0 Å². The zero-order valence-corrected chi connectivity index (χ0v) is 62.8. The zero-order chi connectivity index (χ0) is 70.4. The van der Waals surface area contributed by atoms with Gasteiger partial charge in [-0.1, -0.05) is 294 Å². The van der Waals surface area contributed by atoms with E-state index < -0.39 is 97.5 Å². The van der Waals surface area contributed by atoms with Gasteiger partial charge in [-0.2, -0.15) is 0 Å². The highest BCUT2D eigenvalue weighted by atomic mass is 31.2. The van der Waals surface area contributed by atoms with Crippen molar-refractivity contribution in [1.82, 2.24) is 0 Å². The van der Waals surface area contributed by atoms with Gasteiger partial charge in [-0.15, -0.1) is 0 Å². The van der Waals surface area contributed by atoms with Crippen molar-refractivity contribution >= 4 is 39.5 Å². The number of aliphatic hydroxyl groups excluding tert-OH is 1. The molecule has 0 aliphatic rings. The SMILES string of the molecule is CC/C=C\C/C=C\C/C=C\C/C=C\CCCCC(=O)OCC(COP(=O)(O)OCC(O)COP(=O)(O)OCC(COC(=O)CCCCCCC/C=C\CCCCCCCC)OC(=O)CCCCCCCCCCCCCCCCC)OC(=O)CCCCCCCCCCCCC. The summed E-state index contributed by atoms with van der Waals surface area (Å²) in [7, 11) is -9.94. The Morgan fingerprint density at radius 3 is 0.865 bits per heavy atom. The number of hydrogen-bond donors (Lipinski definition) is 3. The Labute approximate surface area is 584 Å². The average molecular weight is 1400 g/mol. The molecule has 0 fully saturated rings. The van der Waals surface area contributed by atoms with E-state index in [0.29, 0.717) is 25.7 Å². The lowest BCUT2D eigenvalue weighted by molar-refractivity contribution is -0.161. The van der Waals surface area contributed by atoms with E-state index in [0.717, 1.165) is 128 Å². The number of phosphoric ester groups is 2. The molecule has 0 amide bonds. The lowest BCUT2D eigenvalue weighted by atomic mass is 10.0. The quantitative estimate of drug-likeness (QED) is 0.0169. The second-order valence-corrected chi connectivity index (χ2v) is 28.8. The van der Waals surface area contributed by atoms with Gasteiger partial charge in [0.1, 0.15) is 19.3 Å². The third-order valence-corrected chi connectivity index (χ3v) is 18.4. The Kier molecular flexibility index (Phi) is 67.8. The Bertz CT molecular complexity index is 2060. The minimum atomic E-state index is -4.97. The Hall–Kier alpha value is -3.24. The van der Waals surface area contributed by atoms with Crippen LogP contribution in [0.15, 0.2) is 60.8 Å². The van der Waals surface area contributed by atoms with Crippen molar-refractivity contribution in [3.63, 3.8) is 0 Å². The maximum Gasteiger partial charge on any atom is 0.472 e. The number of allylic oxidation sites excluding steroid dienone is 10. The van der Waals surface area contributed by atoms with Gasteiger partial charge < -0.3 is 33.8 Å². The Morgan fingerprint density at radius 2 is 0.542 bits per heavy atom. The van der Waals surface area contributed by atoms with Crippen LogP contribution < -0.4 is 0 Å². The molecule has 96 heavy (non-hydrogen) atoms. The first-order chi connectivity index (χ1) is 46.7. The number of esters is 4. The first-order valence-electron chi connectivity index (χ1n) is 38.5. The molecule has 0 aromatic carbocycles. The molecule has 0 saturated heterocycles. The van der Waals surface area contributed by atoms with Gasteiger partial charge in [0.2, 0.25) is 0 Å². The van der Waals surface area contributed by atoms with E-state index in [1.165, 1.54) is 141 Å². The van der Waals surface area contributed by atoms with Crippen molar-refractivity contribution in [2.24, 2.45) is 0 Å². The van der Waals surface area contributed by atoms with E-state index in [1.807, 2.05) is 0 Å². The van der Waals surface area contributed by atoms with Gasteiger partial charge >= 0.3 is 39.5 Å². The second kappa shape index (κ2) is 70.2. The highest BCUT2D eigenvalue weighted by molar-refractivity contribution is 7.47. The lowest BCUT2D eigenvalue weighted by Gasteiger charge is -2.21. The van der Waals surface area contributed by atoms with Crippen molar-refractivity contribution in [1.29, 1.82) is 0 Å². The van der Waals surface area contributed by atoms with Crippen molar-refractivity contribution in [3.8, 4) is 0 Å². The number of rotatable bonds is 73. The topological polar surface area (TPSA) is 237 Å². The number of hydrogen-bond acceptors (Lipinski definition) is 15. The first-order valence-corrected chi connectivity index (χ1v) is 41.5. The minimum Gasteiger partial charge on any atom is -0.462 e. The normalized spacial score (nSPS) is 14.3. The fraction of sp³-hybridized carbons (Fsp3) is 0.818. The van der Waals surface area contributed by atoms with Crippen LogP contribution in [-0.4, -0.2) is 96.7 Å². The van der Waals surface area contributed by atoms with E-state index in [-0.39, 0.29) is 25.7 Å². The smallest absolute Gasteiger partial charge is 0.462 e. The van der Waals surface area contributed by atoms with Crippen LogP contribution in [0.25, 0.3) is 0 Å². The van der Waals surface area contributed by atoms with Crippen molar-refractivity contribution < 1.29 is 80.2 Å². The summed E-state index contributed by atoms with van der Waals surface area (Å²) in [6, 6.07) is 0. The number of unbranched alkanes of at least 4 members (excludes halogenated alkanes) is 37. The molecule has 0 spiro atoms. The lowest BCUT2D eigenvalue weighted by Crippen LogP contribution is -2.30. The summed E-state index contributed by atoms with van der Waals surface area (Å²) in [5, 5.41) is 10.6. The molecule has 0 heterocycles. The van der Waals surface area contributed by atoms with Gasteiger partial charge in [-0.05, 0) is 89.9 Å². The van der Waals surface area contributed by atoms with Crippen LogP contribution in [0, 0.1) is 0 Å². The summed E-state index contributed by atoms with van der Waals surface area (Å²) in [5.74, 6) is -2.20. The molecule has 0 aromatic heterocycles. The molecule has 19 heteroatoms. The van der Waals surface area contributed by atoms with Crippen LogP contribution >= 0.6 is 15.6 Å². The number of ether oxygens (including phenoxy) is 4. The summed E-state index contributed by atoms with van der Waals surface area (Å²) >= 11 is 0. The number of aliphatic hydroxyl groups is 1. The number of carbonyl (C=O) groups is 4. The van der Waals surface area contributed by atoms with Crippen LogP contribution in [0.3, 0.4) is 0 Å². The second-order valence-electron chi connectivity index (χ2n) is 25.9. The molecule has 560 valence electrons. The molecule has 0 rings (SSSR count). The van der Waals surface area contributed by atoms with Crippen LogP contribution in [0.2, 0.25) is 0 Å².